The molecule has 1 amide bonds. The lowest BCUT2D eigenvalue weighted by Crippen LogP contribution is -2.80. The summed E-state index contributed by atoms with van der Waals surface area (Å²) < 4.78 is 64.2. The highest BCUT2D eigenvalue weighted by atomic mass is 16.2. The van der Waals surface area contributed by atoms with E-state index in [1.165, 1.54) is 19.4 Å². The van der Waals surface area contributed by atoms with Gasteiger partial charge in [-0.3, -0.25) is 9.69 Å². The van der Waals surface area contributed by atoms with Crippen molar-refractivity contribution < 1.29 is 14.4 Å². The number of nitrogens with zero attached hydrogens (tertiary/aromatic N) is 2. The number of fused-ring (bicyclic) bond motifs is 3. The topological polar surface area (TPSA) is 23.6 Å². The second-order valence-electron chi connectivity index (χ2n) is 9.62. The maximum absolute atomic E-state index is 14.3. The molecule has 0 aromatic heterocycles. The molecule has 4 aliphatic heterocycles. The van der Waals surface area contributed by atoms with Crippen molar-refractivity contribution in [2.45, 2.75) is 90.2 Å². The summed E-state index contributed by atoms with van der Waals surface area (Å²) in [4.78, 5) is 17.1. The third-order valence-corrected chi connectivity index (χ3v) is 7.89. The van der Waals surface area contributed by atoms with Crippen LogP contribution >= 0.6 is 0 Å². The van der Waals surface area contributed by atoms with Gasteiger partial charge in [0.2, 0.25) is 0 Å². The van der Waals surface area contributed by atoms with E-state index in [0.717, 1.165) is 35.3 Å². The van der Waals surface area contributed by atoms with Gasteiger partial charge >= 0.3 is 0 Å². The summed E-state index contributed by atoms with van der Waals surface area (Å²) in [5, 5.41) is 0. The van der Waals surface area contributed by atoms with E-state index in [-0.39, 0.29) is 11.8 Å². The Kier molecular flexibility index (Phi) is 2.58. The van der Waals surface area contributed by atoms with Crippen LogP contribution in [0.3, 0.4) is 0 Å². The van der Waals surface area contributed by atoms with Gasteiger partial charge in [0.25, 0.3) is 5.91 Å². The van der Waals surface area contributed by atoms with Crippen molar-refractivity contribution in [3.05, 3.63) is 34.4 Å². The monoisotopic (exact) mass is 387 g/mol. The molecule has 3 heteroatoms. The average molecular weight is 388 g/mol. The van der Waals surface area contributed by atoms with Gasteiger partial charge in [-0.1, -0.05) is 19.1 Å². The van der Waals surface area contributed by atoms with Crippen LogP contribution in [0.1, 0.15) is 96.4 Å². The highest BCUT2D eigenvalue weighted by Gasteiger charge is 2.64. The molecule has 6 atom stereocenters. The van der Waals surface area contributed by atoms with Gasteiger partial charge in [0.15, 0.2) is 0 Å². The first-order chi connectivity index (χ1) is 15.8. The highest BCUT2D eigenvalue weighted by molar-refractivity contribution is 5.99. The molecule has 3 fully saturated rings. The Balaban J connectivity index is 1.83. The number of amides is 1. The van der Waals surface area contributed by atoms with Gasteiger partial charge in [-0.2, -0.15) is 0 Å². The molecule has 152 valence electrons. The smallest absolute Gasteiger partial charge is 0.254 e. The summed E-state index contributed by atoms with van der Waals surface area (Å²) in [6.07, 6.45) is 0.137. The summed E-state index contributed by atoms with van der Waals surface area (Å²) >= 11 is 0. The fourth-order valence-electron chi connectivity index (χ4n) is 6.10. The summed E-state index contributed by atoms with van der Waals surface area (Å²) in [7, 11) is 0. The summed E-state index contributed by atoms with van der Waals surface area (Å²) in [5.74, 6) is -4.98. The molecule has 1 aromatic carbocycles. The normalized spacial score (nSPS) is 56.3. The Morgan fingerprint density at radius 1 is 1.25 bits per heavy atom. The number of rotatable bonds is 1. The van der Waals surface area contributed by atoms with Gasteiger partial charge < -0.3 is 4.90 Å². The number of hydrogen-bond acceptors (Lipinski definition) is 2. The number of carbonyl (C=O) groups excluding carboxylic acids is 1. The maximum atomic E-state index is 14.3. The van der Waals surface area contributed by atoms with Crippen LogP contribution in [0.15, 0.2) is 12.1 Å². The molecule has 0 N–H and O–H groups in total. The molecule has 3 nitrogen and oxygen atoms in total. The van der Waals surface area contributed by atoms with Crippen LogP contribution in [-0.2, 0) is 6.42 Å². The Morgan fingerprint density at radius 3 is 2.75 bits per heavy atom. The molecule has 0 saturated carbocycles. The lowest BCUT2D eigenvalue weighted by Gasteiger charge is -2.70. The molecule has 2 bridgehead atoms. The molecule has 5 aliphatic rings. The zero-order chi connectivity index (χ0) is 26.4. The van der Waals surface area contributed by atoms with Crippen LogP contribution < -0.4 is 0 Å². The SMILES string of the molecule is [2H]C1([2H])N2C([2H])(C)C([2H])([2H])[C@@]([2H])(C1([2H])C)[C@](C)(N1C[C@H]3CCCc4ccc(C)c(c43)C1=O)C2(C)C. The van der Waals surface area contributed by atoms with Crippen LogP contribution in [0, 0.1) is 18.7 Å². The number of piperidine rings is 3. The second-order valence-corrected chi connectivity index (χ2v) is 9.62. The van der Waals surface area contributed by atoms with E-state index in [1.807, 2.05) is 13.0 Å². The van der Waals surface area contributed by atoms with E-state index in [0.29, 0.717) is 12.1 Å². The molecule has 4 heterocycles. The van der Waals surface area contributed by atoms with Crippen molar-refractivity contribution in [1.29, 1.82) is 0 Å². The predicted octanol–water partition coefficient (Wildman–Crippen LogP) is 4.77. The van der Waals surface area contributed by atoms with Gasteiger partial charge in [-0.05, 0) is 88.7 Å². The first kappa shape index (κ1) is 12.4. The minimum Gasteiger partial charge on any atom is -0.330 e. The molecule has 3 unspecified atom stereocenters. The highest BCUT2D eigenvalue weighted by Crippen LogP contribution is 2.56. The van der Waals surface area contributed by atoms with E-state index in [4.69, 9.17) is 6.85 Å². The number of aryl methyl sites for hydroxylation is 2. The van der Waals surface area contributed by atoms with Crippen molar-refractivity contribution in [2.75, 3.05) is 13.0 Å². The second kappa shape index (κ2) is 5.84. The van der Waals surface area contributed by atoms with E-state index in [9.17, 15) is 7.54 Å². The van der Waals surface area contributed by atoms with Gasteiger partial charge in [0.1, 0.15) is 0 Å². The Hall–Kier alpha value is -1.35. The summed E-state index contributed by atoms with van der Waals surface area (Å²) in [6, 6.07) is 1.91. The van der Waals surface area contributed by atoms with E-state index < -0.39 is 41.8 Å². The number of carbonyl (C=O) groups is 1. The third kappa shape index (κ3) is 2.12. The zero-order valence-electron chi connectivity index (χ0n) is 24.9. The Morgan fingerprint density at radius 2 is 2.00 bits per heavy atom. The van der Waals surface area contributed by atoms with Crippen molar-refractivity contribution in [1.82, 2.24) is 9.80 Å². The largest absolute Gasteiger partial charge is 0.330 e. The van der Waals surface area contributed by atoms with E-state index in [1.54, 1.807) is 25.7 Å². The molecular weight excluding hydrogens is 344 g/mol. The van der Waals surface area contributed by atoms with E-state index >= 15 is 0 Å². The van der Waals surface area contributed by atoms with Crippen molar-refractivity contribution in [2.24, 2.45) is 11.8 Å². The van der Waals surface area contributed by atoms with Gasteiger partial charge in [0, 0.05) is 45.7 Å². The molecule has 0 spiro atoms. The van der Waals surface area contributed by atoms with Gasteiger partial charge in [0.05, 0.1) is 5.54 Å². The zero-order valence-corrected chi connectivity index (χ0v) is 17.9. The lowest BCUT2D eigenvalue weighted by atomic mass is 9.56. The minimum atomic E-state index is -2.63. The number of hydrogen-bond donors (Lipinski definition) is 0. The maximum Gasteiger partial charge on any atom is 0.254 e. The Labute approximate surface area is 180 Å². The summed E-state index contributed by atoms with van der Waals surface area (Å²) in [5.41, 5.74) is 0.750. The fraction of sp³-hybridized carbons (Fsp3) is 0.720. The van der Waals surface area contributed by atoms with Crippen LogP contribution in [0.4, 0.5) is 0 Å². The molecule has 3 saturated heterocycles. The summed E-state index contributed by atoms with van der Waals surface area (Å²) in [6.45, 7) is 7.35. The molecule has 6 rings (SSSR count). The molecule has 28 heavy (non-hydrogen) atoms. The molecule has 1 aromatic rings. The van der Waals surface area contributed by atoms with Crippen molar-refractivity contribution in [3.8, 4) is 0 Å². The molecule has 0 radical (unpaired) electrons. The third-order valence-electron chi connectivity index (χ3n) is 7.89. The van der Waals surface area contributed by atoms with Crippen LogP contribution in [0.25, 0.3) is 0 Å². The number of benzene rings is 1. The minimum absolute atomic E-state index is 0.0417. The quantitative estimate of drug-likeness (QED) is 0.693. The van der Waals surface area contributed by atoms with Gasteiger partial charge in [-0.25, -0.2) is 0 Å². The fourth-order valence-corrected chi connectivity index (χ4v) is 6.10. The van der Waals surface area contributed by atoms with E-state index in [2.05, 4.69) is 6.07 Å². The first-order valence-corrected chi connectivity index (χ1v) is 10.5. The molecule has 1 aliphatic carbocycles. The van der Waals surface area contributed by atoms with Crippen molar-refractivity contribution in [3.63, 3.8) is 0 Å². The van der Waals surface area contributed by atoms with Crippen LogP contribution in [0.5, 0.6) is 0 Å². The van der Waals surface area contributed by atoms with Crippen LogP contribution in [0.2, 0.25) is 0 Å². The Bertz CT molecular complexity index is 1120. The predicted molar refractivity (Wildman–Crippen MR) is 114 cm³/mol. The average Bonchev–Trinajstić information content (AvgIpc) is 2.73. The standard InChI is InChI=1S/C25H36N2O/c1-15-10-11-18-8-7-9-19-14-27(23(28)21(15)22(18)19)25(6)20-12-17(3)26(13-16(20)2)24(25,4)5/h10-11,16-17,19-20H,7-9,12-14H2,1-6H3/t16?,17?,19-,20+,25+/m1/s1/i12D2,13D2,16D,17D,20D. The van der Waals surface area contributed by atoms with Gasteiger partial charge in [-0.15, -0.1) is 0 Å². The van der Waals surface area contributed by atoms with Crippen molar-refractivity contribution >= 4 is 5.91 Å². The lowest BCUT2D eigenvalue weighted by molar-refractivity contribution is -0.182. The molecular formula is C25H36N2O. The van der Waals surface area contributed by atoms with Crippen LogP contribution in [-0.4, -0.2) is 45.8 Å². The first-order valence-electron chi connectivity index (χ1n) is 14.0.